The molecular formula is C17H21NO. The van der Waals surface area contributed by atoms with Crippen LogP contribution >= 0.6 is 0 Å². The topological polar surface area (TPSA) is 21.3 Å². The van der Waals surface area contributed by atoms with Crippen molar-refractivity contribution in [2.45, 2.75) is 25.8 Å². The number of methoxy groups -OCH3 is 1. The van der Waals surface area contributed by atoms with E-state index in [9.17, 15) is 0 Å². The molecule has 2 unspecified atom stereocenters. The molecule has 1 N–H and O–H groups in total. The zero-order valence-electron chi connectivity index (χ0n) is 11.6. The molecule has 2 nitrogen and oxygen atoms in total. The van der Waals surface area contributed by atoms with Gasteiger partial charge in [-0.1, -0.05) is 37.6 Å². The van der Waals surface area contributed by atoms with Crippen LogP contribution in [0.3, 0.4) is 0 Å². The van der Waals surface area contributed by atoms with E-state index in [1.165, 1.54) is 29.2 Å². The van der Waals surface area contributed by atoms with E-state index in [0.717, 1.165) is 18.2 Å². The van der Waals surface area contributed by atoms with Gasteiger partial charge in [0.1, 0.15) is 5.75 Å². The Balaban J connectivity index is 2.10. The molecule has 2 atom stereocenters. The second-order valence-electron chi connectivity index (χ2n) is 5.33. The maximum atomic E-state index is 5.62. The summed E-state index contributed by atoms with van der Waals surface area (Å²) >= 11 is 0. The van der Waals surface area contributed by atoms with Gasteiger partial charge in [-0.2, -0.15) is 0 Å². The predicted molar refractivity (Wildman–Crippen MR) is 79.6 cm³/mol. The van der Waals surface area contributed by atoms with Gasteiger partial charge in [-0.15, -0.1) is 0 Å². The molecule has 1 aliphatic heterocycles. The van der Waals surface area contributed by atoms with Crippen LogP contribution in [0.25, 0.3) is 10.8 Å². The summed E-state index contributed by atoms with van der Waals surface area (Å²) in [5.74, 6) is 1.73. The molecule has 2 aromatic rings. The van der Waals surface area contributed by atoms with Crippen molar-refractivity contribution in [3.8, 4) is 5.75 Å². The fraction of sp³-hybridized carbons (Fsp3) is 0.412. The Morgan fingerprint density at radius 2 is 1.95 bits per heavy atom. The first-order valence-corrected chi connectivity index (χ1v) is 7.13. The smallest absolute Gasteiger partial charge is 0.124 e. The summed E-state index contributed by atoms with van der Waals surface area (Å²) in [6.45, 7) is 3.39. The third kappa shape index (κ3) is 2.21. The zero-order valence-corrected chi connectivity index (χ0v) is 11.6. The lowest BCUT2D eigenvalue weighted by Gasteiger charge is -2.21. The average molecular weight is 255 g/mol. The fourth-order valence-corrected chi connectivity index (χ4v) is 3.22. The van der Waals surface area contributed by atoms with Crippen molar-refractivity contribution in [3.05, 3.63) is 42.0 Å². The maximum absolute atomic E-state index is 5.62. The predicted octanol–water partition coefficient (Wildman–Crippen LogP) is 3.91. The number of benzene rings is 2. The zero-order chi connectivity index (χ0) is 13.2. The quantitative estimate of drug-likeness (QED) is 0.898. The summed E-state index contributed by atoms with van der Waals surface area (Å²) < 4.78 is 5.62. The van der Waals surface area contributed by atoms with Crippen molar-refractivity contribution in [1.29, 1.82) is 0 Å². The number of fused-ring (bicyclic) bond motifs is 1. The van der Waals surface area contributed by atoms with E-state index >= 15 is 0 Å². The number of rotatable bonds is 3. The second-order valence-corrected chi connectivity index (χ2v) is 5.33. The minimum Gasteiger partial charge on any atom is -0.496 e. The molecule has 19 heavy (non-hydrogen) atoms. The van der Waals surface area contributed by atoms with Crippen LogP contribution in [0.15, 0.2) is 36.4 Å². The van der Waals surface area contributed by atoms with Gasteiger partial charge in [0.25, 0.3) is 0 Å². The Morgan fingerprint density at radius 1 is 1.21 bits per heavy atom. The first-order chi connectivity index (χ1) is 9.33. The van der Waals surface area contributed by atoms with Crippen LogP contribution in [0.1, 0.15) is 31.4 Å². The highest BCUT2D eigenvalue weighted by atomic mass is 16.5. The van der Waals surface area contributed by atoms with E-state index in [2.05, 4.69) is 48.6 Å². The van der Waals surface area contributed by atoms with E-state index in [0.29, 0.717) is 6.04 Å². The van der Waals surface area contributed by atoms with E-state index < -0.39 is 0 Å². The molecule has 1 heterocycles. The molecule has 1 fully saturated rings. The maximum Gasteiger partial charge on any atom is 0.124 e. The summed E-state index contributed by atoms with van der Waals surface area (Å²) in [5, 5.41) is 6.17. The summed E-state index contributed by atoms with van der Waals surface area (Å²) in [7, 11) is 1.77. The molecule has 0 radical (unpaired) electrons. The van der Waals surface area contributed by atoms with Crippen LogP contribution in [-0.2, 0) is 0 Å². The largest absolute Gasteiger partial charge is 0.496 e. The van der Waals surface area contributed by atoms with E-state index in [4.69, 9.17) is 4.74 Å². The number of hydrogen-bond acceptors (Lipinski definition) is 2. The summed E-state index contributed by atoms with van der Waals surface area (Å²) in [6, 6.07) is 13.4. The van der Waals surface area contributed by atoms with Crippen molar-refractivity contribution < 1.29 is 4.74 Å². The van der Waals surface area contributed by atoms with Crippen LogP contribution in [0, 0.1) is 5.92 Å². The van der Waals surface area contributed by atoms with Gasteiger partial charge in [0.05, 0.1) is 7.11 Å². The van der Waals surface area contributed by atoms with Crippen LogP contribution in [-0.4, -0.2) is 13.7 Å². The Bertz CT molecular complexity index is 578. The van der Waals surface area contributed by atoms with Gasteiger partial charge < -0.3 is 10.1 Å². The molecule has 1 saturated heterocycles. The Hall–Kier alpha value is -1.54. The summed E-state index contributed by atoms with van der Waals surface area (Å²) in [6.07, 6.45) is 2.48. The fourth-order valence-electron chi connectivity index (χ4n) is 3.22. The minimum absolute atomic E-state index is 0.435. The van der Waals surface area contributed by atoms with Crippen molar-refractivity contribution in [3.63, 3.8) is 0 Å². The molecule has 0 bridgehead atoms. The van der Waals surface area contributed by atoms with Gasteiger partial charge in [-0.05, 0) is 41.8 Å². The van der Waals surface area contributed by atoms with Crippen molar-refractivity contribution in [2.24, 2.45) is 5.92 Å². The van der Waals surface area contributed by atoms with Gasteiger partial charge >= 0.3 is 0 Å². The number of hydrogen-bond donors (Lipinski definition) is 1. The van der Waals surface area contributed by atoms with Crippen molar-refractivity contribution in [1.82, 2.24) is 5.32 Å². The van der Waals surface area contributed by atoms with Crippen LogP contribution in [0.4, 0.5) is 0 Å². The first-order valence-electron chi connectivity index (χ1n) is 7.13. The Labute approximate surface area is 114 Å². The lowest BCUT2D eigenvalue weighted by molar-refractivity contribution is 0.386. The summed E-state index contributed by atoms with van der Waals surface area (Å²) in [4.78, 5) is 0. The monoisotopic (exact) mass is 255 g/mol. The summed E-state index contributed by atoms with van der Waals surface area (Å²) in [5.41, 5.74) is 1.31. The van der Waals surface area contributed by atoms with Crippen molar-refractivity contribution in [2.75, 3.05) is 13.7 Å². The molecular weight excluding hydrogens is 234 g/mol. The van der Waals surface area contributed by atoms with E-state index in [1.807, 2.05) is 0 Å². The molecule has 0 spiro atoms. The van der Waals surface area contributed by atoms with Crippen molar-refractivity contribution >= 4 is 10.8 Å². The lowest BCUT2D eigenvalue weighted by atomic mass is 9.90. The molecule has 100 valence electrons. The Kier molecular flexibility index (Phi) is 3.43. The number of ether oxygens (including phenoxy) is 1. The molecule has 3 rings (SSSR count). The third-order valence-electron chi connectivity index (χ3n) is 4.31. The molecule has 0 aromatic heterocycles. The van der Waals surface area contributed by atoms with Crippen LogP contribution in [0.2, 0.25) is 0 Å². The second kappa shape index (κ2) is 5.22. The highest BCUT2D eigenvalue weighted by Gasteiger charge is 2.29. The van der Waals surface area contributed by atoms with Gasteiger partial charge in [0.15, 0.2) is 0 Å². The first kappa shape index (κ1) is 12.5. The average Bonchev–Trinajstić information content (AvgIpc) is 2.94. The minimum atomic E-state index is 0.435. The molecule has 0 aliphatic carbocycles. The van der Waals surface area contributed by atoms with Crippen LogP contribution in [0.5, 0.6) is 5.75 Å². The van der Waals surface area contributed by atoms with Gasteiger partial charge in [-0.25, -0.2) is 0 Å². The van der Waals surface area contributed by atoms with Gasteiger partial charge in [0.2, 0.25) is 0 Å². The molecule has 0 amide bonds. The van der Waals surface area contributed by atoms with Gasteiger partial charge in [-0.3, -0.25) is 0 Å². The van der Waals surface area contributed by atoms with Crippen LogP contribution < -0.4 is 10.1 Å². The normalized spacial score (nSPS) is 22.8. The standard InChI is InChI=1S/C17H21NO/c1-3-12-8-9-18-17(12)15-10-13-6-4-5-7-14(13)11-16(15)19-2/h4-7,10-12,17-18H,3,8-9H2,1-2H3. The highest BCUT2D eigenvalue weighted by molar-refractivity contribution is 5.85. The lowest BCUT2D eigenvalue weighted by Crippen LogP contribution is -2.18. The third-order valence-corrected chi connectivity index (χ3v) is 4.31. The Morgan fingerprint density at radius 3 is 2.63 bits per heavy atom. The SMILES string of the molecule is CCC1CCNC1c1cc2ccccc2cc1OC. The van der Waals surface area contributed by atoms with Gasteiger partial charge in [0, 0.05) is 11.6 Å². The molecule has 0 saturated carbocycles. The van der Waals surface area contributed by atoms with E-state index in [1.54, 1.807) is 7.11 Å². The molecule has 2 heteroatoms. The molecule has 2 aromatic carbocycles. The molecule has 1 aliphatic rings. The number of nitrogens with one attached hydrogen (secondary N) is 1. The highest BCUT2D eigenvalue weighted by Crippen LogP contribution is 2.38. The van der Waals surface area contributed by atoms with E-state index in [-0.39, 0.29) is 0 Å².